The van der Waals surface area contributed by atoms with Crippen LogP contribution in [0.4, 0.5) is 11.5 Å². The first kappa shape index (κ1) is 13.3. The molecule has 0 spiro atoms. The van der Waals surface area contributed by atoms with E-state index in [1.807, 2.05) is 6.92 Å². The number of nitrogens with zero attached hydrogens (tertiary/aromatic N) is 1. The smallest absolute Gasteiger partial charge is 0.340 e. The second kappa shape index (κ2) is 6.08. The normalized spacial score (nSPS) is 11.9. The van der Waals surface area contributed by atoms with Crippen molar-refractivity contribution in [3.05, 3.63) is 17.8 Å². The van der Waals surface area contributed by atoms with E-state index in [2.05, 4.69) is 17.2 Å². The Morgan fingerprint density at radius 1 is 1.59 bits per heavy atom. The number of carbonyl (C=O) groups is 1. The molecule has 0 amide bonds. The molecule has 0 radical (unpaired) electrons. The minimum absolute atomic E-state index is 0.252. The van der Waals surface area contributed by atoms with Crippen LogP contribution in [-0.4, -0.2) is 23.6 Å². The predicted octanol–water partition coefficient (Wildman–Crippen LogP) is 2.05. The van der Waals surface area contributed by atoms with Crippen LogP contribution in [0, 0.1) is 0 Å². The number of ether oxygens (including phenoxy) is 1. The molecule has 1 heterocycles. The molecule has 0 bridgehead atoms. The summed E-state index contributed by atoms with van der Waals surface area (Å²) in [6.07, 6.45) is 2.50. The largest absolute Gasteiger partial charge is 0.462 e. The summed E-state index contributed by atoms with van der Waals surface area (Å²) in [6, 6.07) is 1.82. The van der Waals surface area contributed by atoms with Crippen molar-refractivity contribution in [3.8, 4) is 0 Å². The fraction of sp³-hybridized carbons (Fsp3) is 0.500. The van der Waals surface area contributed by atoms with Gasteiger partial charge in [-0.2, -0.15) is 0 Å². The van der Waals surface area contributed by atoms with Crippen LogP contribution in [0.2, 0.25) is 0 Å². The Balaban J connectivity index is 2.94. The third kappa shape index (κ3) is 3.34. The lowest BCUT2D eigenvalue weighted by Gasteiger charge is -2.15. The quantitative estimate of drug-likeness (QED) is 0.766. The van der Waals surface area contributed by atoms with Crippen LogP contribution in [-0.2, 0) is 4.74 Å². The first-order valence-electron chi connectivity index (χ1n) is 5.78. The van der Waals surface area contributed by atoms with Gasteiger partial charge in [0.2, 0.25) is 0 Å². The van der Waals surface area contributed by atoms with E-state index in [0.717, 1.165) is 6.42 Å². The van der Waals surface area contributed by atoms with Gasteiger partial charge in [0.25, 0.3) is 0 Å². The molecule has 94 valence electrons. The van der Waals surface area contributed by atoms with Crippen molar-refractivity contribution in [1.29, 1.82) is 0 Å². The maximum atomic E-state index is 11.6. The Labute approximate surface area is 101 Å². The number of rotatable bonds is 5. The Morgan fingerprint density at radius 3 is 2.88 bits per heavy atom. The average Bonchev–Trinajstić information content (AvgIpc) is 2.32. The summed E-state index contributed by atoms with van der Waals surface area (Å²) in [4.78, 5) is 15.7. The summed E-state index contributed by atoms with van der Waals surface area (Å²) in [5.41, 5.74) is 6.59. The number of hydrogen-bond acceptors (Lipinski definition) is 5. The van der Waals surface area contributed by atoms with Gasteiger partial charge in [0.15, 0.2) is 0 Å². The van der Waals surface area contributed by atoms with Crippen LogP contribution in [0.5, 0.6) is 0 Å². The number of anilines is 2. The second-order valence-corrected chi connectivity index (χ2v) is 3.79. The highest BCUT2D eigenvalue weighted by Crippen LogP contribution is 2.21. The molecule has 3 N–H and O–H groups in total. The minimum Gasteiger partial charge on any atom is -0.462 e. The predicted molar refractivity (Wildman–Crippen MR) is 68.0 cm³/mol. The van der Waals surface area contributed by atoms with E-state index < -0.39 is 5.97 Å². The Bertz CT molecular complexity index is 393. The minimum atomic E-state index is -0.417. The van der Waals surface area contributed by atoms with E-state index in [1.165, 1.54) is 0 Å². The van der Waals surface area contributed by atoms with E-state index in [4.69, 9.17) is 10.5 Å². The monoisotopic (exact) mass is 237 g/mol. The molecule has 1 aromatic rings. The van der Waals surface area contributed by atoms with E-state index in [-0.39, 0.29) is 6.04 Å². The molecule has 0 aliphatic rings. The molecule has 0 aliphatic heterocycles. The van der Waals surface area contributed by atoms with Gasteiger partial charge in [0, 0.05) is 12.2 Å². The highest BCUT2D eigenvalue weighted by atomic mass is 16.5. The topological polar surface area (TPSA) is 77.2 Å². The van der Waals surface area contributed by atoms with E-state index in [9.17, 15) is 4.79 Å². The standard InChI is InChI=1S/C12H19N3O2/c1-4-8(3)15-11-10(13)9(6-7-14-11)12(16)17-5-2/h6-8H,4-5,13H2,1-3H3,(H,14,15). The van der Waals surface area contributed by atoms with Crippen molar-refractivity contribution in [2.24, 2.45) is 0 Å². The molecule has 0 aromatic carbocycles. The lowest BCUT2D eigenvalue weighted by atomic mass is 10.2. The van der Waals surface area contributed by atoms with Crippen molar-refractivity contribution in [3.63, 3.8) is 0 Å². The summed E-state index contributed by atoms with van der Waals surface area (Å²) in [5, 5.41) is 3.15. The summed E-state index contributed by atoms with van der Waals surface area (Å²) < 4.78 is 4.92. The van der Waals surface area contributed by atoms with Crippen molar-refractivity contribution in [2.45, 2.75) is 33.2 Å². The molecule has 1 aromatic heterocycles. The highest BCUT2D eigenvalue weighted by Gasteiger charge is 2.15. The molecule has 1 unspecified atom stereocenters. The van der Waals surface area contributed by atoms with Gasteiger partial charge in [0.05, 0.1) is 17.9 Å². The summed E-state index contributed by atoms with van der Waals surface area (Å²) in [7, 11) is 0. The van der Waals surface area contributed by atoms with Crippen molar-refractivity contribution in [1.82, 2.24) is 4.98 Å². The number of carbonyl (C=O) groups excluding carboxylic acids is 1. The molecule has 0 saturated carbocycles. The van der Waals surface area contributed by atoms with Crippen LogP contribution in [0.1, 0.15) is 37.6 Å². The molecule has 5 heteroatoms. The molecule has 0 aliphatic carbocycles. The molecular weight excluding hydrogens is 218 g/mol. The van der Waals surface area contributed by atoms with Gasteiger partial charge < -0.3 is 15.8 Å². The zero-order chi connectivity index (χ0) is 12.8. The number of aromatic nitrogens is 1. The first-order chi connectivity index (χ1) is 8.10. The fourth-order valence-corrected chi connectivity index (χ4v) is 1.31. The summed E-state index contributed by atoms with van der Waals surface area (Å²) in [6.45, 7) is 6.17. The van der Waals surface area contributed by atoms with Gasteiger partial charge in [-0.3, -0.25) is 0 Å². The number of hydrogen-bond donors (Lipinski definition) is 2. The molecule has 1 rings (SSSR count). The van der Waals surface area contributed by atoms with Gasteiger partial charge in [-0.05, 0) is 26.3 Å². The van der Waals surface area contributed by atoms with Crippen molar-refractivity contribution >= 4 is 17.5 Å². The zero-order valence-corrected chi connectivity index (χ0v) is 10.5. The maximum Gasteiger partial charge on any atom is 0.340 e. The van der Waals surface area contributed by atoms with Crippen LogP contribution < -0.4 is 11.1 Å². The number of nitrogens with two attached hydrogens (primary N) is 1. The Kier molecular flexibility index (Phi) is 4.75. The SMILES string of the molecule is CCOC(=O)c1ccnc(NC(C)CC)c1N. The highest BCUT2D eigenvalue weighted by molar-refractivity contribution is 5.97. The number of nitrogens with one attached hydrogen (secondary N) is 1. The number of esters is 1. The van der Waals surface area contributed by atoms with Crippen LogP contribution >= 0.6 is 0 Å². The van der Waals surface area contributed by atoms with Crippen LogP contribution in [0.15, 0.2) is 12.3 Å². The zero-order valence-electron chi connectivity index (χ0n) is 10.5. The van der Waals surface area contributed by atoms with Crippen LogP contribution in [0.25, 0.3) is 0 Å². The van der Waals surface area contributed by atoms with Gasteiger partial charge in [-0.15, -0.1) is 0 Å². The number of pyridine rings is 1. The van der Waals surface area contributed by atoms with Crippen molar-refractivity contribution < 1.29 is 9.53 Å². The summed E-state index contributed by atoms with van der Waals surface area (Å²) in [5.74, 6) is 0.115. The fourth-order valence-electron chi connectivity index (χ4n) is 1.31. The third-order valence-corrected chi connectivity index (χ3v) is 2.48. The van der Waals surface area contributed by atoms with E-state index in [0.29, 0.717) is 23.7 Å². The van der Waals surface area contributed by atoms with Gasteiger partial charge in [-0.25, -0.2) is 9.78 Å². The third-order valence-electron chi connectivity index (χ3n) is 2.48. The molecule has 17 heavy (non-hydrogen) atoms. The van der Waals surface area contributed by atoms with E-state index >= 15 is 0 Å². The van der Waals surface area contributed by atoms with Crippen LogP contribution in [0.3, 0.4) is 0 Å². The Hall–Kier alpha value is -1.78. The molecule has 0 fully saturated rings. The molecule has 1 atom stereocenters. The van der Waals surface area contributed by atoms with Gasteiger partial charge in [-0.1, -0.05) is 6.92 Å². The number of nitrogen functional groups attached to an aromatic ring is 1. The molecular formula is C12H19N3O2. The first-order valence-corrected chi connectivity index (χ1v) is 5.78. The molecule has 5 nitrogen and oxygen atoms in total. The summed E-state index contributed by atoms with van der Waals surface area (Å²) >= 11 is 0. The average molecular weight is 237 g/mol. The van der Waals surface area contributed by atoms with Gasteiger partial charge >= 0.3 is 5.97 Å². The molecule has 0 saturated heterocycles. The second-order valence-electron chi connectivity index (χ2n) is 3.79. The lowest BCUT2D eigenvalue weighted by molar-refractivity contribution is 0.0527. The van der Waals surface area contributed by atoms with E-state index in [1.54, 1.807) is 19.2 Å². The van der Waals surface area contributed by atoms with Crippen molar-refractivity contribution in [2.75, 3.05) is 17.7 Å². The Morgan fingerprint density at radius 2 is 2.29 bits per heavy atom. The van der Waals surface area contributed by atoms with Gasteiger partial charge in [0.1, 0.15) is 5.82 Å². The lowest BCUT2D eigenvalue weighted by Crippen LogP contribution is -2.17. The maximum absolute atomic E-state index is 11.6.